The van der Waals surface area contributed by atoms with Gasteiger partial charge in [0.15, 0.2) is 0 Å². The maximum absolute atomic E-state index is 15.7. The molecule has 3 aromatic rings. The second-order valence-electron chi connectivity index (χ2n) is 10.4. The minimum absolute atomic E-state index is 0.0747. The van der Waals surface area contributed by atoms with Gasteiger partial charge in [0, 0.05) is 43.9 Å². The molecule has 3 aliphatic rings. The molecule has 1 saturated heterocycles. The Morgan fingerprint density at radius 2 is 1.67 bits per heavy atom. The molecule has 186 valence electrons. The molecule has 2 aliphatic heterocycles. The number of halogens is 2. The van der Waals surface area contributed by atoms with E-state index in [1.807, 2.05) is 65.3 Å². The lowest BCUT2D eigenvalue weighted by atomic mass is 9.80. The lowest BCUT2D eigenvalue weighted by Gasteiger charge is -2.41. The van der Waals surface area contributed by atoms with Crippen LogP contribution in [-0.4, -0.2) is 42.9 Å². The SMILES string of the molecule is CNC(=O)C[C@@]1(C)C(=O)N(C2CCN([C@@H]3c4cccc5cccc(c45)C3(F)F)CC2)c2ccccc21. The summed E-state index contributed by atoms with van der Waals surface area (Å²) in [5.74, 6) is -3.25. The van der Waals surface area contributed by atoms with Crippen LogP contribution in [0.15, 0.2) is 60.7 Å². The van der Waals surface area contributed by atoms with Crippen LogP contribution in [0.1, 0.15) is 48.9 Å². The molecule has 7 heteroatoms. The predicted molar refractivity (Wildman–Crippen MR) is 135 cm³/mol. The minimum atomic E-state index is -2.97. The third kappa shape index (κ3) is 3.15. The van der Waals surface area contributed by atoms with Crippen molar-refractivity contribution in [3.05, 3.63) is 77.4 Å². The first-order valence-corrected chi connectivity index (χ1v) is 12.5. The number of likely N-dealkylation sites (tertiary alicyclic amines) is 1. The van der Waals surface area contributed by atoms with E-state index >= 15 is 8.78 Å². The van der Waals surface area contributed by atoms with Crippen molar-refractivity contribution in [2.45, 2.75) is 49.6 Å². The van der Waals surface area contributed by atoms with Gasteiger partial charge >= 0.3 is 0 Å². The summed E-state index contributed by atoms with van der Waals surface area (Å²) in [4.78, 5) is 29.8. The lowest BCUT2D eigenvalue weighted by Crippen LogP contribution is -2.51. The Hall–Kier alpha value is -3.32. The van der Waals surface area contributed by atoms with Gasteiger partial charge in [-0.05, 0) is 47.7 Å². The zero-order valence-electron chi connectivity index (χ0n) is 20.4. The van der Waals surface area contributed by atoms with Gasteiger partial charge in [-0.15, -0.1) is 0 Å². The molecule has 2 atom stereocenters. The summed E-state index contributed by atoms with van der Waals surface area (Å²) < 4.78 is 31.5. The number of nitrogens with one attached hydrogen (secondary N) is 1. The fourth-order valence-corrected chi connectivity index (χ4v) is 6.63. The normalized spacial score (nSPS) is 25.4. The molecule has 6 rings (SSSR count). The minimum Gasteiger partial charge on any atom is -0.359 e. The van der Waals surface area contributed by atoms with Crippen LogP contribution in [0, 0.1) is 0 Å². The van der Waals surface area contributed by atoms with Gasteiger partial charge in [-0.25, -0.2) is 0 Å². The molecule has 2 heterocycles. The molecule has 5 nitrogen and oxygen atoms in total. The van der Waals surface area contributed by atoms with Gasteiger partial charge in [0.25, 0.3) is 5.92 Å². The topological polar surface area (TPSA) is 52.7 Å². The Kier molecular flexibility index (Phi) is 5.20. The van der Waals surface area contributed by atoms with Gasteiger partial charge in [0.2, 0.25) is 11.8 Å². The molecule has 2 amide bonds. The highest BCUT2D eigenvalue weighted by Gasteiger charge is 2.54. The molecule has 0 unspecified atom stereocenters. The average Bonchev–Trinajstić information content (AvgIpc) is 3.25. The molecule has 1 aliphatic carbocycles. The van der Waals surface area contributed by atoms with E-state index in [9.17, 15) is 9.59 Å². The number of alkyl halides is 2. The number of carbonyl (C=O) groups is 2. The highest BCUT2D eigenvalue weighted by Crippen LogP contribution is 2.55. The summed E-state index contributed by atoms with van der Waals surface area (Å²) in [6.07, 6.45) is 1.26. The quantitative estimate of drug-likeness (QED) is 0.568. The van der Waals surface area contributed by atoms with E-state index in [0.29, 0.717) is 36.9 Å². The van der Waals surface area contributed by atoms with Crippen molar-refractivity contribution < 1.29 is 18.4 Å². The van der Waals surface area contributed by atoms with Gasteiger partial charge in [0.05, 0.1) is 5.41 Å². The third-order valence-corrected chi connectivity index (χ3v) is 8.41. The van der Waals surface area contributed by atoms with Crippen LogP contribution in [0.4, 0.5) is 14.5 Å². The molecule has 0 bridgehead atoms. The summed E-state index contributed by atoms with van der Waals surface area (Å²) in [6, 6.07) is 17.2. The first-order valence-electron chi connectivity index (χ1n) is 12.5. The zero-order chi connectivity index (χ0) is 25.2. The largest absolute Gasteiger partial charge is 0.359 e. The van der Waals surface area contributed by atoms with Crippen LogP contribution in [-0.2, 0) is 20.9 Å². The standard InChI is InChI=1S/C29H29F2N3O2/c1-28(17-24(35)32-2)21-10-3-4-12-23(21)34(27(28)36)19-13-15-33(16-14-19)26-20-9-5-7-18-8-6-11-22(25(18)20)29(26,30)31/h3-12,19,26H,13-17H2,1-2H3,(H,32,35)/t26-,28-/m1/s1. The number of anilines is 1. The first-order chi connectivity index (χ1) is 17.3. The van der Waals surface area contributed by atoms with Crippen molar-refractivity contribution in [3.63, 3.8) is 0 Å². The van der Waals surface area contributed by atoms with E-state index < -0.39 is 17.4 Å². The summed E-state index contributed by atoms with van der Waals surface area (Å²) in [6.45, 7) is 2.76. The molecular formula is C29H29F2N3O2. The van der Waals surface area contributed by atoms with Gasteiger partial charge in [-0.1, -0.05) is 54.6 Å². The molecule has 0 spiro atoms. The summed E-state index contributed by atoms with van der Waals surface area (Å²) in [7, 11) is 1.57. The molecule has 0 saturated carbocycles. The van der Waals surface area contributed by atoms with Crippen molar-refractivity contribution >= 4 is 28.3 Å². The predicted octanol–water partition coefficient (Wildman–Crippen LogP) is 4.89. The number of amides is 2. The Balaban J connectivity index is 1.27. The van der Waals surface area contributed by atoms with Gasteiger partial charge in [-0.3, -0.25) is 14.5 Å². The molecule has 36 heavy (non-hydrogen) atoms. The van der Waals surface area contributed by atoms with Crippen molar-refractivity contribution in [1.82, 2.24) is 10.2 Å². The van der Waals surface area contributed by atoms with Crippen LogP contribution >= 0.6 is 0 Å². The maximum Gasteiger partial charge on any atom is 0.293 e. The number of carbonyl (C=O) groups excluding carboxylic acids is 2. The summed E-state index contributed by atoms with van der Waals surface area (Å²) >= 11 is 0. The van der Waals surface area contributed by atoms with E-state index in [1.54, 1.807) is 19.2 Å². The first kappa shape index (κ1) is 23.1. The van der Waals surface area contributed by atoms with Crippen LogP contribution in [0.2, 0.25) is 0 Å². The number of nitrogens with zero attached hydrogens (tertiary/aromatic N) is 2. The number of rotatable bonds is 4. The van der Waals surface area contributed by atoms with Crippen molar-refractivity contribution in [1.29, 1.82) is 0 Å². The van der Waals surface area contributed by atoms with Crippen molar-refractivity contribution in [2.75, 3.05) is 25.0 Å². The molecule has 1 fully saturated rings. The number of piperidine rings is 1. The summed E-state index contributed by atoms with van der Waals surface area (Å²) in [5, 5.41) is 4.15. The Bertz CT molecular complexity index is 1380. The number of hydrogen-bond acceptors (Lipinski definition) is 3. The van der Waals surface area contributed by atoms with E-state index in [2.05, 4.69) is 5.32 Å². The molecular weight excluding hydrogens is 460 g/mol. The van der Waals surface area contributed by atoms with Gasteiger partial charge in [0.1, 0.15) is 6.04 Å². The maximum atomic E-state index is 15.7. The third-order valence-electron chi connectivity index (χ3n) is 8.41. The number of fused-ring (bicyclic) bond motifs is 1. The van der Waals surface area contributed by atoms with Crippen LogP contribution in [0.3, 0.4) is 0 Å². The smallest absolute Gasteiger partial charge is 0.293 e. The highest BCUT2D eigenvalue weighted by molar-refractivity contribution is 6.10. The highest BCUT2D eigenvalue weighted by atomic mass is 19.3. The fraction of sp³-hybridized carbons (Fsp3) is 0.379. The molecule has 3 aromatic carbocycles. The van der Waals surface area contributed by atoms with Crippen molar-refractivity contribution in [3.8, 4) is 0 Å². The number of hydrogen-bond donors (Lipinski definition) is 1. The number of para-hydroxylation sites is 1. The van der Waals surface area contributed by atoms with E-state index in [4.69, 9.17) is 0 Å². The van der Waals surface area contributed by atoms with Gasteiger partial charge in [-0.2, -0.15) is 8.78 Å². The van der Waals surface area contributed by atoms with E-state index in [0.717, 1.165) is 16.6 Å². The lowest BCUT2D eigenvalue weighted by molar-refractivity contribution is -0.129. The van der Waals surface area contributed by atoms with E-state index in [1.165, 1.54) is 0 Å². The Morgan fingerprint density at radius 3 is 2.39 bits per heavy atom. The average molecular weight is 490 g/mol. The van der Waals surface area contributed by atoms with Crippen LogP contribution < -0.4 is 10.2 Å². The molecule has 0 aromatic heterocycles. The Morgan fingerprint density at radius 1 is 1.00 bits per heavy atom. The zero-order valence-corrected chi connectivity index (χ0v) is 20.4. The Labute approximate surface area is 209 Å². The fourth-order valence-electron chi connectivity index (χ4n) is 6.63. The number of benzene rings is 3. The van der Waals surface area contributed by atoms with Crippen LogP contribution in [0.25, 0.3) is 10.8 Å². The van der Waals surface area contributed by atoms with Crippen molar-refractivity contribution in [2.24, 2.45) is 0 Å². The second kappa shape index (κ2) is 8.10. The van der Waals surface area contributed by atoms with Crippen LogP contribution in [0.5, 0.6) is 0 Å². The summed E-state index contributed by atoms with van der Waals surface area (Å²) in [5.41, 5.74) is 1.54. The molecule has 1 N–H and O–H groups in total. The monoisotopic (exact) mass is 489 g/mol. The molecule has 0 radical (unpaired) electrons. The van der Waals surface area contributed by atoms with E-state index in [-0.39, 0.29) is 29.8 Å². The van der Waals surface area contributed by atoms with Gasteiger partial charge < -0.3 is 10.2 Å². The second-order valence-corrected chi connectivity index (χ2v) is 10.4.